The molecule has 2 rings (SSSR count). The van der Waals surface area contributed by atoms with Gasteiger partial charge in [-0.25, -0.2) is 8.42 Å². The van der Waals surface area contributed by atoms with Crippen molar-refractivity contribution in [2.24, 2.45) is 5.92 Å². The second-order valence-electron chi connectivity index (χ2n) is 8.50. The highest BCUT2D eigenvalue weighted by molar-refractivity contribution is 7.91. The summed E-state index contributed by atoms with van der Waals surface area (Å²) in [6, 6.07) is 5.03. The molecule has 7 heteroatoms. The van der Waals surface area contributed by atoms with Crippen LogP contribution in [0.1, 0.15) is 64.4 Å². The first-order valence-corrected chi connectivity index (χ1v) is 13.3. The van der Waals surface area contributed by atoms with Crippen LogP contribution in [0.3, 0.4) is 0 Å². The fraction of sp³-hybridized carbons (Fsp3) is 0.640. The third kappa shape index (κ3) is 7.93. The Hall–Kier alpha value is -1.86. The highest BCUT2D eigenvalue weighted by atomic mass is 32.2. The van der Waals surface area contributed by atoms with Gasteiger partial charge in [-0.1, -0.05) is 45.3 Å². The van der Waals surface area contributed by atoms with Crippen molar-refractivity contribution < 1.29 is 27.4 Å². The summed E-state index contributed by atoms with van der Waals surface area (Å²) < 4.78 is 43.3. The van der Waals surface area contributed by atoms with Crippen LogP contribution >= 0.6 is 0 Å². The molecule has 1 aliphatic rings. The van der Waals surface area contributed by atoms with Crippen LogP contribution in [0.2, 0.25) is 0 Å². The molecular formula is C25H38O6S. The van der Waals surface area contributed by atoms with Gasteiger partial charge in [-0.3, -0.25) is 4.79 Å². The summed E-state index contributed by atoms with van der Waals surface area (Å²) in [7, 11) is -3.72. The molecule has 1 heterocycles. The van der Waals surface area contributed by atoms with Crippen LogP contribution in [0, 0.1) is 12.8 Å². The maximum absolute atomic E-state index is 13.1. The van der Waals surface area contributed by atoms with Gasteiger partial charge in [0.2, 0.25) is 0 Å². The van der Waals surface area contributed by atoms with Crippen LogP contribution in [-0.2, 0) is 24.1 Å². The largest absolute Gasteiger partial charge is 0.486 e. The average Bonchev–Trinajstić information content (AvgIpc) is 3.19. The standard InChI is InChI=1S/C25H38O6S/c1-5-8-10-20(7-3)18-30-25(26)14-16-32(27,28)24-12-11-19(4)17-23(24)31-22-13-15-29-21(22)9-6-2/h6,11-12,17,20-22H,2,5,7-10,13-16,18H2,1,3-4H3/t20-,21-,22+/m1/s1. The van der Waals surface area contributed by atoms with Crippen LogP contribution in [0.25, 0.3) is 0 Å². The first kappa shape index (κ1) is 26.4. The summed E-state index contributed by atoms with van der Waals surface area (Å²) in [5, 5.41) is 0. The summed E-state index contributed by atoms with van der Waals surface area (Å²) >= 11 is 0. The molecule has 3 atom stereocenters. The molecule has 0 amide bonds. The van der Waals surface area contributed by atoms with Crippen LogP contribution in [0.5, 0.6) is 5.75 Å². The number of carbonyl (C=O) groups is 1. The number of benzene rings is 1. The second kappa shape index (κ2) is 13.0. The van der Waals surface area contributed by atoms with Crippen molar-refractivity contribution in [1.82, 2.24) is 0 Å². The molecule has 0 saturated carbocycles. The maximum atomic E-state index is 13.1. The van der Waals surface area contributed by atoms with Crippen molar-refractivity contribution in [3.05, 3.63) is 36.4 Å². The molecule has 180 valence electrons. The van der Waals surface area contributed by atoms with Crippen molar-refractivity contribution >= 4 is 15.8 Å². The van der Waals surface area contributed by atoms with E-state index >= 15 is 0 Å². The molecule has 1 saturated heterocycles. The molecule has 1 fully saturated rings. The molecule has 1 aliphatic heterocycles. The van der Waals surface area contributed by atoms with Gasteiger partial charge in [0.05, 0.1) is 31.5 Å². The second-order valence-corrected chi connectivity index (χ2v) is 10.6. The van der Waals surface area contributed by atoms with Crippen LogP contribution in [0.15, 0.2) is 35.7 Å². The van der Waals surface area contributed by atoms with E-state index in [1.807, 2.05) is 6.92 Å². The average molecular weight is 467 g/mol. The van der Waals surface area contributed by atoms with E-state index in [0.29, 0.717) is 37.7 Å². The van der Waals surface area contributed by atoms with Gasteiger partial charge in [0.15, 0.2) is 9.84 Å². The highest BCUT2D eigenvalue weighted by Crippen LogP contribution is 2.31. The Morgan fingerprint density at radius 2 is 2.12 bits per heavy atom. The lowest BCUT2D eigenvalue weighted by molar-refractivity contribution is -0.144. The van der Waals surface area contributed by atoms with Gasteiger partial charge in [0.25, 0.3) is 0 Å². The minimum Gasteiger partial charge on any atom is -0.486 e. The summed E-state index contributed by atoms with van der Waals surface area (Å²) in [5.41, 5.74) is 0.898. The molecule has 0 aromatic heterocycles. The van der Waals surface area contributed by atoms with Gasteiger partial charge in [0, 0.05) is 6.42 Å². The van der Waals surface area contributed by atoms with Gasteiger partial charge >= 0.3 is 5.97 Å². The number of hydrogen-bond acceptors (Lipinski definition) is 6. The zero-order valence-corrected chi connectivity index (χ0v) is 20.5. The molecule has 1 aromatic carbocycles. The van der Waals surface area contributed by atoms with E-state index in [4.69, 9.17) is 14.2 Å². The SMILES string of the molecule is C=CC[C@H]1OCC[C@@H]1Oc1cc(C)ccc1S(=O)(=O)CCC(=O)OC[C@H](CC)CCCC. The number of sulfone groups is 1. The van der Waals surface area contributed by atoms with E-state index < -0.39 is 15.8 Å². The van der Waals surface area contributed by atoms with Crippen molar-refractivity contribution in [1.29, 1.82) is 0 Å². The third-order valence-electron chi connectivity index (χ3n) is 5.86. The van der Waals surface area contributed by atoms with Gasteiger partial charge in [0.1, 0.15) is 16.7 Å². The third-order valence-corrected chi connectivity index (χ3v) is 7.61. The lowest BCUT2D eigenvalue weighted by Crippen LogP contribution is -2.27. The summed E-state index contributed by atoms with van der Waals surface area (Å²) in [6.07, 6.45) is 6.71. The van der Waals surface area contributed by atoms with Crippen molar-refractivity contribution in [2.45, 2.75) is 82.8 Å². The van der Waals surface area contributed by atoms with Crippen molar-refractivity contribution in [2.75, 3.05) is 19.0 Å². The fourth-order valence-electron chi connectivity index (χ4n) is 3.78. The van der Waals surface area contributed by atoms with Crippen LogP contribution in [0.4, 0.5) is 0 Å². The molecular weight excluding hydrogens is 428 g/mol. The molecule has 0 N–H and O–H groups in total. The number of aryl methyl sites for hydroxylation is 1. The molecule has 0 radical (unpaired) electrons. The number of carbonyl (C=O) groups excluding carboxylic acids is 1. The van der Waals surface area contributed by atoms with E-state index in [2.05, 4.69) is 20.4 Å². The number of unbranched alkanes of at least 4 members (excludes halogenated alkanes) is 1. The lowest BCUT2D eigenvalue weighted by Gasteiger charge is -2.21. The Labute approximate surface area is 193 Å². The molecule has 0 bridgehead atoms. The normalized spacial score (nSPS) is 19.5. The monoisotopic (exact) mass is 466 g/mol. The molecule has 0 unspecified atom stereocenters. The minimum atomic E-state index is -3.72. The number of ether oxygens (including phenoxy) is 3. The minimum absolute atomic E-state index is 0.106. The maximum Gasteiger partial charge on any atom is 0.306 e. The van der Waals surface area contributed by atoms with Gasteiger partial charge < -0.3 is 14.2 Å². The molecule has 6 nitrogen and oxygen atoms in total. The van der Waals surface area contributed by atoms with E-state index in [1.54, 1.807) is 24.3 Å². The number of esters is 1. The Kier molecular flexibility index (Phi) is 10.7. The Bertz CT molecular complexity index is 848. The summed E-state index contributed by atoms with van der Waals surface area (Å²) in [5.74, 6) is -0.152. The van der Waals surface area contributed by atoms with E-state index in [-0.39, 0.29) is 29.3 Å². The molecule has 0 aliphatic carbocycles. The topological polar surface area (TPSA) is 78.9 Å². The number of rotatable bonds is 14. The van der Waals surface area contributed by atoms with Crippen molar-refractivity contribution in [3.63, 3.8) is 0 Å². The van der Waals surface area contributed by atoms with Crippen LogP contribution < -0.4 is 4.74 Å². The van der Waals surface area contributed by atoms with Crippen molar-refractivity contribution in [3.8, 4) is 5.75 Å². The zero-order valence-electron chi connectivity index (χ0n) is 19.7. The quantitative estimate of drug-likeness (QED) is 0.283. The first-order chi connectivity index (χ1) is 15.3. The predicted molar refractivity (Wildman–Crippen MR) is 126 cm³/mol. The highest BCUT2D eigenvalue weighted by Gasteiger charge is 2.31. The lowest BCUT2D eigenvalue weighted by atomic mass is 10.0. The Morgan fingerprint density at radius 1 is 1.34 bits per heavy atom. The van der Waals surface area contributed by atoms with Crippen LogP contribution in [-0.4, -0.2) is 45.6 Å². The molecule has 1 aromatic rings. The van der Waals surface area contributed by atoms with E-state index in [1.165, 1.54) is 0 Å². The smallest absolute Gasteiger partial charge is 0.306 e. The number of hydrogen-bond donors (Lipinski definition) is 0. The Balaban J connectivity index is 2.02. The summed E-state index contributed by atoms with van der Waals surface area (Å²) in [4.78, 5) is 12.3. The zero-order chi connectivity index (χ0) is 23.6. The molecule has 0 spiro atoms. The molecule has 32 heavy (non-hydrogen) atoms. The fourth-order valence-corrected chi connectivity index (χ4v) is 5.13. The van der Waals surface area contributed by atoms with Gasteiger partial charge in [-0.2, -0.15) is 0 Å². The van der Waals surface area contributed by atoms with Gasteiger partial charge in [-0.15, -0.1) is 6.58 Å². The Morgan fingerprint density at radius 3 is 2.81 bits per heavy atom. The van der Waals surface area contributed by atoms with E-state index in [0.717, 1.165) is 31.2 Å². The first-order valence-electron chi connectivity index (χ1n) is 11.7. The van der Waals surface area contributed by atoms with Gasteiger partial charge in [-0.05, 0) is 43.4 Å². The van der Waals surface area contributed by atoms with E-state index in [9.17, 15) is 13.2 Å². The summed E-state index contributed by atoms with van der Waals surface area (Å²) in [6.45, 7) is 10.8. The predicted octanol–water partition coefficient (Wildman–Crippen LogP) is 5.03.